The monoisotopic (exact) mass is 302 g/mol. The lowest BCUT2D eigenvalue weighted by Gasteiger charge is -2.31. The first-order valence-electron chi connectivity index (χ1n) is 6.88. The van der Waals surface area contributed by atoms with Crippen LogP contribution in [0.5, 0.6) is 17.2 Å². The molecule has 0 saturated heterocycles. The molecule has 24 heavy (non-hydrogen) atoms. The highest BCUT2D eigenvalue weighted by Gasteiger charge is 2.31. The van der Waals surface area contributed by atoms with Gasteiger partial charge < -0.3 is 19.9 Å². The van der Waals surface area contributed by atoms with Gasteiger partial charge in [-0.15, -0.1) is 10.9 Å². The number of fused-ring (bicyclic) bond motifs is 2. The van der Waals surface area contributed by atoms with Gasteiger partial charge in [0.05, 0.1) is 0 Å². The molecule has 0 fully saturated rings. The van der Waals surface area contributed by atoms with Gasteiger partial charge in [-0.25, -0.2) is 0 Å². The molecule has 0 saturated carbocycles. The number of phenolic OH excluding ortho intramolecular Hbond substituents is 1. The summed E-state index contributed by atoms with van der Waals surface area (Å²) in [6, 6.07) is 0. The Morgan fingerprint density at radius 1 is 0.708 bits per heavy atom. The lowest BCUT2D eigenvalue weighted by molar-refractivity contribution is 0.415. The number of ether oxygens (including phenoxy) is 1. The standard InChI is InChI=1S/C13H5B7O4/c14-4-2-1-3-11(21)10(20(22)23)7(17)9(19)13(3)24-12(2)8(18)6(16)5(4)15/h21-23H,1H2. The van der Waals surface area contributed by atoms with E-state index in [1.165, 1.54) is 0 Å². The molecule has 0 unspecified atom stereocenters. The molecule has 1 aliphatic heterocycles. The van der Waals surface area contributed by atoms with E-state index < -0.39 is 12.9 Å². The topological polar surface area (TPSA) is 69.9 Å². The molecular formula is C13H5B7O4. The smallest absolute Gasteiger partial charge is 0.491 e. The molecule has 11 heteroatoms. The van der Waals surface area contributed by atoms with Crippen LogP contribution in [0.1, 0.15) is 11.1 Å². The van der Waals surface area contributed by atoms with Crippen molar-refractivity contribution >= 4 is 92.4 Å². The van der Waals surface area contributed by atoms with Gasteiger partial charge in [0.1, 0.15) is 64.3 Å². The van der Waals surface area contributed by atoms with Crippen molar-refractivity contribution in [2.45, 2.75) is 6.42 Å². The normalized spacial score (nSPS) is 12.2. The largest absolute Gasteiger partial charge is 0.508 e. The van der Waals surface area contributed by atoms with Crippen LogP contribution in [0.4, 0.5) is 0 Å². The number of rotatable bonds is 1. The van der Waals surface area contributed by atoms with Crippen molar-refractivity contribution in [2.24, 2.45) is 0 Å². The highest BCUT2D eigenvalue weighted by molar-refractivity contribution is 6.69. The minimum atomic E-state index is -2.02. The molecule has 2 aromatic carbocycles. The molecule has 0 amide bonds. The van der Waals surface area contributed by atoms with Crippen LogP contribution >= 0.6 is 0 Å². The van der Waals surface area contributed by atoms with Crippen LogP contribution in [0, 0.1) is 0 Å². The zero-order chi connectivity index (χ0) is 17.9. The molecule has 12 radical (unpaired) electrons. The van der Waals surface area contributed by atoms with Crippen molar-refractivity contribution < 1.29 is 19.9 Å². The number of hydrogen-bond donors (Lipinski definition) is 3. The Bertz CT molecular complexity index is 882. The molecule has 0 atom stereocenters. The number of benzene rings is 2. The maximum atomic E-state index is 10.4. The van der Waals surface area contributed by atoms with E-state index in [9.17, 15) is 15.2 Å². The zero-order valence-corrected chi connectivity index (χ0v) is 12.5. The second-order valence-electron chi connectivity index (χ2n) is 5.51. The summed E-state index contributed by atoms with van der Waals surface area (Å²) in [4.78, 5) is 0. The Labute approximate surface area is 147 Å². The highest BCUT2D eigenvalue weighted by atomic mass is 16.5. The first-order valence-corrected chi connectivity index (χ1v) is 6.88. The van der Waals surface area contributed by atoms with Crippen molar-refractivity contribution in [1.29, 1.82) is 0 Å². The van der Waals surface area contributed by atoms with Gasteiger partial charge in [-0.05, 0) is 5.56 Å². The molecule has 4 nitrogen and oxygen atoms in total. The molecule has 102 valence electrons. The Morgan fingerprint density at radius 3 is 1.79 bits per heavy atom. The average Bonchev–Trinajstić information content (AvgIpc) is 2.54. The predicted octanol–water partition coefficient (Wildman–Crippen LogP) is -6.47. The zero-order valence-electron chi connectivity index (χ0n) is 12.5. The van der Waals surface area contributed by atoms with Gasteiger partial charge in [-0.2, -0.15) is 0 Å². The van der Waals surface area contributed by atoms with Crippen molar-refractivity contribution in [3.63, 3.8) is 0 Å². The Balaban J connectivity index is 2.31. The fourth-order valence-electron chi connectivity index (χ4n) is 2.80. The van der Waals surface area contributed by atoms with Crippen LogP contribution in [-0.4, -0.2) is 69.4 Å². The van der Waals surface area contributed by atoms with Gasteiger partial charge in [-0.3, -0.25) is 0 Å². The minimum Gasteiger partial charge on any atom is -0.508 e. The van der Waals surface area contributed by atoms with E-state index >= 15 is 0 Å². The van der Waals surface area contributed by atoms with Crippen molar-refractivity contribution in [3.05, 3.63) is 11.1 Å². The van der Waals surface area contributed by atoms with Crippen LogP contribution in [0.2, 0.25) is 0 Å². The maximum Gasteiger partial charge on any atom is 0.491 e. The van der Waals surface area contributed by atoms with Gasteiger partial charge in [0.2, 0.25) is 0 Å². The van der Waals surface area contributed by atoms with E-state index in [2.05, 4.69) is 0 Å². The molecule has 1 aliphatic rings. The predicted molar refractivity (Wildman–Crippen MR) is 99.6 cm³/mol. The molecule has 0 spiro atoms. The molecule has 0 bridgehead atoms. The maximum absolute atomic E-state index is 10.4. The van der Waals surface area contributed by atoms with Gasteiger partial charge in [0.25, 0.3) is 0 Å². The second-order valence-corrected chi connectivity index (χ2v) is 5.51. The summed E-state index contributed by atoms with van der Waals surface area (Å²) in [5, 5.41) is 29.2. The summed E-state index contributed by atoms with van der Waals surface area (Å²) >= 11 is 0. The van der Waals surface area contributed by atoms with Crippen LogP contribution < -0.4 is 43.0 Å². The highest BCUT2D eigenvalue weighted by Crippen LogP contribution is 2.36. The van der Waals surface area contributed by atoms with Gasteiger partial charge in [0.15, 0.2) is 0 Å². The van der Waals surface area contributed by atoms with Gasteiger partial charge in [0, 0.05) is 17.4 Å². The third-order valence-electron chi connectivity index (χ3n) is 4.17. The van der Waals surface area contributed by atoms with Crippen LogP contribution in [-0.2, 0) is 6.42 Å². The fraction of sp³-hybridized carbons (Fsp3) is 0.0769. The number of hydrogen-bond acceptors (Lipinski definition) is 4. The summed E-state index contributed by atoms with van der Waals surface area (Å²) in [6.45, 7) is 0. The first-order chi connectivity index (χ1) is 11.2. The molecule has 1 heterocycles. The fourth-order valence-corrected chi connectivity index (χ4v) is 2.80. The van der Waals surface area contributed by atoms with E-state index in [-0.39, 0.29) is 61.7 Å². The first kappa shape index (κ1) is 17.2. The van der Waals surface area contributed by atoms with E-state index in [1.54, 1.807) is 0 Å². The third-order valence-corrected chi connectivity index (χ3v) is 4.17. The van der Waals surface area contributed by atoms with E-state index in [4.69, 9.17) is 51.8 Å². The lowest BCUT2D eigenvalue weighted by atomic mass is 9.62. The SMILES string of the molecule is [B]c1c([B])c([B])c2c(c1[B])Cc1c(O)c(B(O)O)c([B])c([B])c1O2. The summed E-state index contributed by atoms with van der Waals surface area (Å²) < 4.78 is 5.68. The summed E-state index contributed by atoms with van der Waals surface area (Å²) in [5.74, 6) is -0.225. The molecule has 0 aliphatic carbocycles. The van der Waals surface area contributed by atoms with E-state index in [1.807, 2.05) is 0 Å². The Hall–Kier alpha value is -1.59. The van der Waals surface area contributed by atoms with Gasteiger partial charge in [-0.1, -0.05) is 21.9 Å². The molecule has 0 aromatic heterocycles. The van der Waals surface area contributed by atoms with Crippen molar-refractivity contribution in [3.8, 4) is 17.2 Å². The minimum absolute atomic E-state index is 0.0429. The number of phenols is 1. The third kappa shape index (κ3) is 2.26. The number of aromatic hydroxyl groups is 1. The van der Waals surface area contributed by atoms with Crippen LogP contribution in [0.25, 0.3) is 0 Å². The van der Waals surface area contributed by atoms with E-state index in [0.717, 1.165) is 0 Å². The average molecular weight is 301 g/mol. The van der Waals surface area contributed by atoms with Crippen molar-refractivity contribution in [1.82, 2.24) is 0 Å². The van der Waals surface area contributed by atoms with Crippen molar-refractivity contribution in [2.75, 3.05) is 0 Å². The van der Waals surface area contributed by atoms with Crippen LogP contribution in [0.3, 0.4) is 0 Å². The molecule has 3 N–H and O–H groups in total. The quantitative estimate of drug-likeness (QED) is 0.391. The Kier molecular flexibility index (Phi) is 4.13. The van der Waals surface area contributed by atoms with E-state index in [0.29, 0.717) is 5.56 Å². The second kappa shape index (κ2) is 5.74. The molecular weight excluding hydrogens is 296 g/mol. The lowest BCUT2D eigenvalue weighted by Crippen LogP contribution is -2.52. The summed E-state index contributed by atoms with van der Waals surface area (Å²) in [7, 11) is 33.2. The summed E-state index contributed by atoms with van der Waals surface area (Å²) in [5.41, 5.74) is 0.431. The van der Waals surface area contributed by atoms with Crippen LogP contribution in [0.15, 0.2) is 0 Å². The van der Waals surface area contributed by atoms with Gasteiger partial charge >= 0.3 is 7.12 Å². The molecule has 3 rings (SSSR count). The Morgan fingerprint density at radius 2 is 1.21 bits per heavy atom. The molecule has 2 aromatic rings. The summed E-state index contributed by atoms with van der Waals surface area (Å²) in [6.07, 6.45) is 0.0429.